The van der Waals surface area contributed by atoms with Crippen molar-refractivity contribution in [3.63, 3.8) is 0 Å². The van der Waals surface area contributed by atoms with Crippen LogP contribution in [-0.4, -0.2) is 25.7 Å². The predicted molar refractivity (Wildman–Crippen MR) is 97.0 cm³/mol. The Bertz CT molecular complexity index is 391. The van der Waals surface area contributed by atoms with Crippen LogP contribution in [-0.2, 0) is 4.74 Å². The molecule has 0 aromatic heterocycles. The fourth-order valence-electron chi connectivity index (χ4n) is 1.51. The van der Waals surface area contributed by atoms with E-state index in [4.69, 9.17) is 10.5 Å². The first-order valence-electron chi connectivity index (χ1n) is 6.79. The Balaban J connectivity index is 0.00000361. The van der Waals surface area contributed by atoms with Crippen LogP contribution in [0.2, 0.25) is 0 Å². The summed E-state index contributed by atoms with van der Waals surface area (Å²) in [5, 5.41) is 3.07. The smallest absolute Gasteiger partial charge is 0.193 e. The average Bonchev–Trinajstić information content (AvgIpc) is 2.36. The molecule has 1 aromatic carbocycles. The molecule has 0 aliphatic carbocycles. The van der Waals surface area contributed by atoms with Crippen LogP contribution in [0.3, 0.4) is 0 Å². The summed E-state index contributed by atoms with van der Waals surface area (Å²) in [7, 11) is 0. The number of aliphatic imine (C=N–C) groups is 1. The van der Waals surface area contributed by atoms with E-state index < -0.39 is 0 Å². The van der Waals surface area contributed by atoms with E-state index in [1.165, 1.54) is 5.56 Å². The molecule has 1 aromatic rings. The zero-order valence-electron chi connectivity index (χ0n) is 12.6. The lowest BCUT2D eigenvalue weighted by Gasteiger charge is -2.07. The summed E-state index contributed by atoms with van der Waals surface area (Å²) >= 11 is 0. The van der Waals surface area contributed by atoms with Gasteiger partial charge in [0, 0.05) is 25.4 Å². The first kappa shape index (κ1) is 19.2. The largest absolute Gasteiger partial charge is 0.381 e. The molecule has 20 heavy (non-hydrogen) atoms. The summed E-state index contributed by atoms with van der Waals surface area (Å²) in [6.07, 6.45) is 0.892. The lowest BCUT2D eigenvalue weighted by Crippen LogP contribution is -2.23. The van der Waals surface area contributed by atoms with Crippen molar-refractivity contribution in [3.8, 4) is 0 Å². The summed E-state index contributed by atoms with van der Waals surface area (Å²) in [5.74, 6) is 1.03. The molecule has 0 bridgehead atoms. The lowest BCUT2D eigenvalue weighted by atomic mass is 10.2. The van der Waals surface area contributed by atoms with Crippen molar-refractivity contribution < 1.29 is 4.74 Å². The molecule has 114 valence electrons. The van der Waals surface area contributed by atoms with E-state index >= 15 is 0 Å². The van der Waals surface area contributed by atoms with Crippen LogP contribution in [0.5, 0.6) is 0 Å². The number of benzene rings is 1. The van der Waals surface area contributed by atoms with Crippen molar-refractivity contribution in [2.75, 3.05) is 25.1 Å². The third-order valence-electron chi connectivity index (χ3n) is 2.50. The number of ether oxygens (including phenoxy) is 1. The predicted octanol–water partition coefficient (Wildman–Crippen LogP) is 3.40. The van der Waals surface area contributed by atoms with Gasteiger partial charge in [-0.3, -0.25) is 4.99 Å². The highest BCUT2D eigenvalue weighted by molar-refractivity contribution is 14.0. The average molecular weight is 391 g/mol. The van der Waals surface area contributed by atoms with Crippen molar-refractivity contribution in [1.29, 1.82) is 0 Å². The molecule has 0 saturated carbocycles. The molecule has 0 amide bonds. The van der Waals surface area contributed by atoms with Gasteiger partial charge in [0.2, 0.25) is 0 Å². The topological polar surface area (TPSA) is 59.6 Å². The number of nitrogens with two attached hydrogens (primary N) is 1. The third-order valence-corrected chi connectivity index (χ3v) is 2.50. The SMILES string of the molecule is Cc1ccc(NC(N)=NCCCOCC(C)C)cc1.I. The zero-order chi connectivity index (χ0) is 14.1. The molecule has 4 nitrogen and oxygen atoms in total. The number of anilines is 1. The molecule has 1 rings (SSSR count). The van der Waals surface area contributed by atoms with Gasteiger partial charge in [-0.25, -0.2) is 0 Å². The Labute approximate surface area is 139 Å². The zero-order valence-corrected chi connectivity index (χ0v) is 14.9. The van der Waals surface area contributed by atoms with Crippen LogP contribution in [0.25, 0.3) is 0 Å². The normalized spacial score (nSPS) is 11.3. The fraction of sp³-hybridized carbons (Fsp3) is 0.533. The summed E-state index contributed by atoms with van der Waals surface area (Å²) in [6.45, 7) is 8.56. The van der Waals surface area contributed by atoms with Gasteiger partial charge in [-0.2, -0.15) is 0 Å². The molecular formula is C15H26IN3O. The van der Waals surface area contributed by atoms with E-state index in [2.05, 4.69) is 31.1 Å². The van der Waals surface area contributed by atoms with Crippen LogP contribution < -0.4 is 11.1 Å². The lowest BCUT2D eigenvalue weighted by molar-refractivity contribution is 0.109. The van der Waals surface area contributed by atoms with Gasteiger partial charge < -0.3 is 15.8 Å². The number of guanidine groups is 1. The van der Waals surface area contributed by atoms with E-state index in [0.29, 0.717) is 18.4 Å². The van der Waals surface area contributed by atoms with Crippen LogP contribution in [0.1, 0.15) is 25.8 Å². The highest BCUT2D eigenvalue weighted by Gasteiger charge is 1.96. The Morgan fingerprint density at radius 1 is 1.30 bits per heavy atom. The molecule has 0 fully saturated rings. The first-order chi connectivity index (χ1) is 9.08. The Morgan fingerprint density at radius 2 is 1.95 bits per heavy atom. The molecule has 5 heteroatoms. The second-order valence-corrected chi connectivity index (χ2v) is 5.08. The second-order valence-electron chi connectivity index (χ2n) is 5.08. The summed E-state index contributed by atoms with van der Waals surface area (Å²) < 4.78 is 5.48. The van der Waals surface area contributed by atoms with Gasteiger partial charge in [-0.1, -0.05) is 31.5 Å². The van der Waals surface area contributed by atoms with Crippen molar-refractivity contribution in [3.05, 3.63) is 29.8 Å². The fourth-order valence-corrected chi connectivity index (χ4v) is 1.51. The summed E-state index contributed by atoms with van der Waals surface area (Å²) in [6, 6.07) is 8.05. The van der Waals surface area contributed by atoms with Crippen LogP contribution >= 0.6 is 24.0 Å². The van der Waals surface area contributed by atoms with Crippen molar-refractivity contribution in [1.82, 2.24) is 0 Å². The Hall–Kier alpha value is -0.820. The van der Waals surface area contributed by atoms with Crippen molar-refractivity contribution >= 4 is 35.6 Å². The molecule has 0 atom stereocenters. The quantitative estimate of drug-likeness (QED) is 0.324. The van der Waals surface area contributed by atoms with E-state index in [-0.39, 0.29) is 24.0 Å². The minimum atomic E-state index is 0. The minimum Gasteiger partial charge on any atom is -0.381 e. The van der Waals surface area contributed by atoms with E-state index in [0.717, 1.165) is 25.3 Å². The van der Waals surface area contributed by atoms with Gasteiger partial charge in [-0.05, 0) is 31.4 Å². The van der Waals surface area contributed by atoms with Gasteiger partial charge in [0.1, 0.15) is 0 Å². The number of nitrogens with zero attached hydrogens (tertiary/aromatic N) is 1. The van der Waals surface area contributed by atoms with Crippen LogP contribution in [0.15, 0.2) is 29.3 Å². The number of hydrogen-bond donors (Lipinski definition) is 2. The first-order valence-corrected chi connectivity index (χ1v) is 6.79. The maximum atomic E-state index is 5.80. The summed E-state index contributed by atoms with van der Waals surface area (Å²) in [5.41, 5.74) is 7.99. The molecule has 0 spiro atoms. The molecule has 0 radical (unpaired) electrons. The number of rotatable bonds is 7. The number of nitrogens with one attached hydrogen (secondary N) is 1. The van der Waals surface area contributed by atoms with Gasteiger partial charge in [0.05, 0.1) is 0 Å². The standard InChI is InChI=1S/C15H25N3O.HI/c1-12(2)11-19-10-4-9-17-15(16)18-14-7-5-13(3)6-8-14;/h5-8,12H,4,9-11H2,1-3H3,(H3,16,17,18);1H. The van der Waals surface area contributed by atoms with Crippen LogP contribution in [0, 0.1) is 12.8 Å². The van der Waals surface area contributed by atoms with Gasteiger partial charge in [-0.15, -0.1) is 24.0 Å². The minimum absolute atomic E-state index is 0. The molecule has 0 aliphatic heterocycles. The molecule has 0 aliphatic rings. The van der Waals surface area contributed by atoms with E-state index in [1.54, 1.807) is 0 Å². The van der Waals surface area contributed by atoms with Gasteiger partial charge in [0.25, 0.3) is 0 Å². The highest BCUT2D eigenvalue weighted by atomic mass is 127. The number of halogens is 1. The molecule has 0 heterocycles. The molecular weight excluding hydrogens is 365 g/mol. The van der Waals surface area contributed by atoms with Crippen molar-refractivity contribution in [2.24, 2.45) is 16.6 Å². The summed E-state index contributed by atoms with van der Waals surface area (Å²) in [4.78, 5) is 4.26. The second kappa shape index (κ2) is 10.9. The Morgan fingerprint density at radius 3 is 2.55 bits per heavy atom. The molecule has 3 N–H and O–H groups in total. The maximum Gasteiger partial charge on any atom is 0.193 e. The molecule has 0 saturated heterocycles. The van der Waals surface area contributed by atoms with Crippen LogP contribution in [0.4, 0.5) is 5.69 Å². The number of aryl methyl sites for hydroxylation is 1. The van der Waals surface area contributed by atoms with Gasteiger partial charge >= 0.3 is 0 Å². The highest BCUT2D eigenvalue weighted by Crippen LogP contribution is 2.07. The van der Waals surface area contributed by atoms with E-state index in [9.17, 15) is 0 Å². The number of hydrogen-bond acceptors (Lipinski definition) is 2. The molecule has 0 unspecified atom stereocenters. The van der Waals surface area contributed by atoms with E-state index in [1.807, 2.05) is 24.3 Å². The van der Waals surface area contributed by atoms with Crippen molar-refractivity contribution in [2.45, 2.75) is 27.2 Å². The van der Waals surface area contributed by atoms with Gasteiger partial charge in [0.15, 0.2) is 5.96 Å². The Kier molecular flexibility index (Phi) is 10.5. The maximum absolute atomic E-state index is 5.80. The third kappa shape index (κ3) is 9.14. The monoisotopic (exact) mass is 391 g/mol.